The van der Waals surface area contributed by atoms with Gasteiger partial charge in [0.15, 0.2) is 0 Å². The lowest BCUT2D eigenvalue weighted by Gasteiger charge is -2.04. The van der Waals surface area contributed by atoms with Crippen LogP contribution < -0.4 is 17.0 Å². The smallest absolute Gasteiger partial charge is 0.253 e. The molecule has 2 rings (SSSR count). The first-order chi connectivity index (χ1) is 12.7. The van der Waals surface area contributed by atoms with E-state index in [9.17, 15) is 0 Å². The van der Waals surface area contributed by atoms with Gasteiger partial charge in [-0.25, -0.2) is 9.13 Å². The minimum Gasteiger partial charge on any atom is -1.00 e. The van der Waals surface area contributed by atoms with Gasteiger partial charge >= 0.3 is 0 Å². The molecule has 0 unspecified atom stereocenters. The number of aryl methyl sites for hydroxylation is 2. The van der Waals surface area contributed by atoms with Crippen LogP contribution in [0.2, 0.25) is 0 Å². The van der Waals surface area contributed by atoms with Crippen LogP contribution in [0.3, 0.4) is 0 Å². The van der Waals surface area contributed by atoms with Gasteiger partial charge in [0, 0.05) is 13.8 Å². The van der Waals surface area contributed by atoms with Crippen LogP contribution in [-0.2, 0) is 13.1 Å². The summed E-state index contributed by atoms with van der Waals surface area (Å²) in [5.74, 6) is 1.38. The van der Waals surface area contributed by atoms with Gasteiger partial charge in [0.2, 0.25) is 0 Å². The predicted octanol–water partition coefficient (Wildman–Crippen LogP) is 3.37. The van der Waals surface area contributed by atoms with Crippen molar-refractivity contribution in [1.29, 1.82) is 0 Å². The molecule has 0 aliphatic rings. The summed E-state index contributed by atoms with van der Waals surface area (Å²) in [6.45, 7) is 8.91. The fourth-order valence-corrected chi connectivity index (χ4v) is 3.80. The van der Waals surface area contributed by atoms with E-state index in [0.29, 0.717) is 0 Å². The number of aromatic nitrogens is 2. The molecule has 0 amide bonds. The van der Waals surface area contributed by atoms with Gasteiger partial charge in [-0.3, -0.25) is 0 Å². The van der Waals surface area contributed by atoms with E-state index in [0.717, 1.165) is 13.1 Å². The van der Waals surface area contributed by atoms with Crippen molar-refractivity contribution in [2.75, 3.05) is 0 Å². The molecule has 1 aromatic carbocycles. The summed E-state index contributed by atoms with van der Waals surface area (Å²) in [6.07, 6.45) is 16.3. The summed E-state index contributed by atoms with van der Waals surface area (Å²) in [5, 5.41) is 0. The van der Waals surface area contributed by atoms with Crippen molar-refractivity contribution in [2.45, 2.75) is 98.1 Å². The Morgan fingerprint density at radius 1 is 0.778 bits per heavy atom. The van der Waals surface area contributed by atoms with E-state index >= 15 is 0 Å². The Labute approximate surface area is 173 Å². The fourth-order valence-electron chi connectivity index (χ4n) is 3.80. The molecule has 0 N–H and O–H groups in total. The van der Waals surface area contributed by atoms with Gasteiger partial charge in [-0.2, -0.15) is 0 Å². The van der Waals surface area contributed by atoms with E-state index in [1.807, 2.05) is 0 Å². The van der Waals surface area contributed by atoms with Crippen molar-refractivity contribution in [3.63, 3.8) is 0 Å². The lowest BCUT2D eigenvalue weighted by atomic mass is 10.1. The zero-order valence-electron chi connectivity index (χ0n) is 17.7. The molecule has 0 aliphatic heterocycles. The number of benzene rings is 1. The lowest BCUT2D eigenvalue weighted by Crippen LogP contribution is -3.00. The van der Waals surface area contributed by atoms with Crippen LogP contribution in [-0.4, -0.2) is 4.57 Å². The Hall–Kier alpha value is -1.28. The van der Waals surface area contributed by atoms with E-state index in [1.54, 1.807) is 0 Å². The maximum atomic E-state index is 2.45. The maximum Gasteiger partial charge on any atom is 0.253 e. The van der Waals surface area contributed by atoms with Gasteiger partial charge in [-0.15, -0.1) is 0 Å². The third-order valence-electron chi connectivity index (χ3n) is 5.51. The van der Waals surface area contributed by atoms with Crippen molar-refractivity contribution < 1.29 is 17.0 Å². The normalized spacial score (nSPS) is 10.8. The summed E-state index contributed by atoms with van der Waals surface area (Å²) in [7, 11) is 0. The van der Waals surface area contributed by atoms with E-state index in [2.05, 4.69) is 66.4 Å². The molecule has 0 saturated heterocycles. The Bertz CT molecular complexity index is 619. The van der Waals surface area contributed by atoms with Crippen LogP contribution in [0, 0.1) is 13.8 Å². The van der Waals surface area contributed by atoms with Gasteiger partial charge < -0.3 is 12.4 Å². The van der Waals surface area contributed by atoms with E-state index < -0.39 is 0 Å². The van der Waals surface area contributed by atoms with Crippen LogP contribution in [0.5, 0.6) is 0 Å². The van der Waals surface area contributed by atoms with Crippen LogP contribution >= 0.6 is 0 Å². The van der Waals surface area contributed by atoms with Gasteiger partial charge in [0.1, 0.15) is 18.4 Å². The molecule has 0 spiro atoms. The zero-order valence-corrected chi connectivity index (χ0v) is 18.5. The van der Waals surface area contributed by atoms with Crippen LogP contribution in [0.4, 0.5) is 0 Å². The second kappa shape index (κ2) is 13.8. The predicted molar refractivity (Wildman–Crippen MR) is 111 cm³/mol. The van der Waals surface area contributed by atoms with Crippen molar-refractivity contribution in [1.82, 2.24) is 4.57 Å². The van der Waals surface area contributed by atoms with E-state index in [-0.39, 0.29) is 12.4 Å². The number of imidazole rings is 1. The third-order valence-corrected chi connectivity index (χ3v) is 5.51. The number of rotatable bonds is 13. The first-order valence-electron chi connectivity index (χ1n) is 10.8. The molecule has 0 atom stereocenters. The topological polar surface area (TPSA) is 8.81 Å². The molecular formula is C24H39ClN2. The molecule has 2 nitrogen and oxygen atoms in total. The monoisotopic (exact) mass is 390 g/mol. The Morgan fingerprint density at radius 3 is 1.93 bits per heavy atom. The highest BCUT2D eigenvalue weighted by atomic mass is 35.5. The minimum absolute atomic E-state index is 0. The van der Waals surface area contributed by atoms with Crippen LogP contribution in [0.15, 0.2) is 36.5 Å². The molecule has 1 heterocycles. The molecule has 0 saturated carbocycles. The molecule has 27 heavy (non-hydrogen) atoms. The highest BCUT2D eigenvalue weighted by molar-refractivity contribution is 5.16. The zero-order chi connectivity index (χ0) is 18.6. The summed E-state index contributed by atoms with van der Waals surface area (Å²) in [6, 6.07) is 10.8. The largest absolute Gasteiger partial charge is 1.00 e. The van der Waals surface area contributed by atoms with Crippen molar-refractivity contribution in [3.8, 4) is 0 Å². The molecule has 2 aromatic rings. The average Bonchev–Trinajstić information content (AvgIpc) is 2.92. The second-order valence-electron chi connectivity index (χ2n) is 7.76. The molecule has 152 valence electrons. The van der Waals surface area contributed by atoms with Crippen LogP contribution in [0.1, 0.15) is 88.2 Å². The number of hydrogen-bond acceptors (Lipinski definition) is 0. The summed E-state index contributed by atoms with van der Waals surface area (Å²) in [4.78, 5) is 0. The first kappa shape index (κ1) is 23.8. The van der Waals surface area contributed by atoms with Crippen molar-refractivity contribution in [3.05, 3.63) is 53.6 Å². The molecule has 3 heteroatoms. The van der Waals surface area contributed by atoms with Crippen molar-refractivity contribution >= 4 is 0 Å². The molecule has 0 aliphatic carbocycles. The van der Waals surface area contributed by atoms with Gasteiger partial charge in [0.05, 0.1) is 6.54 Å². The number of hydrogen-bond donors (Lipinski definition) is 0. The number of unbranched alkanes of at least 4 members (excludes halogenated alkanes) is 9. The standard InChI is InChI=1S/C24H39N2.ClH/c1-4-5-6-7-8-9-10-11-12-16-19-25-20-22(2)26(23(25)3)21-24-17-14-13-15-18-24;/h13-15,17-18,20H,4-12,16,19,21H2,1-3H3;1H/q+1;/p-1. The molecule has 0 bridgehead atoms. The highest BCUT2D eigenvalue weighted by Gasteiger charge is 2.16. The van der Waals surface area contributed by atoms with Crippen molar-refractivity contribution in [2.24, 2.45) is 0 Å². The maximum absolute atomic E-state index is 2.45. The van der Waals surface area contributed by atoms with Gasteiger partial charge in [-0.1, -0.05) is 88.6 Å². The number of nitrogens with zero attached hydrogens (tertiary/aromatic N) is 2. The summed E-state index contributed by atoms with van der Waals surface area (Å²) < 4.78 is 4.88. The van der Waals surface area contributed by atoms with Gasteiger partial charge in [-0.05, 0) is 18.4 Å². The van der Waals surface area contributed by atoms with E-state index in [4.69, 9.17) is 0 Å². The minimum atomic E-state index is 0. The third kappa shape index (κ3) is 8.51. The van der Waals surface area contributed by atoms with Gasteiger partial charge in [0.25, 0.3) is 5.82 Å². The van der Waals surface area contributed by atoms with E-state index in [1.165, 1.54) is 81.3 Å². The SMILES string of the molecule is CCCCCCCCCCCC[n+]1cc(C)n(Cc2ccccc2)c1C.[Cl-]. The quantitative estimate of drug-likeness (QED) is 0.366. The average molecular weight is 391 g/mol. The Kier molecular flexibility index (Phi) is 12.2. The molecule has 0 fully saturated rings. The Morgan fingerprint density at radius 2 is 1.33 bits per heavy atom. The molecular weight excluding hydrogens is 352 g/mol. The fraction of sp³-hybridized carbons (Fsp3) is 0.625. The summed E-state index contributed by atoms with van der Waals surface area (Å²) >= 11 is 0. The second-order valence-corrected chi connectivity index (χ2v) is 7.76. The Balaban J connectivity index is 0.00000364. The lowest BCUT2D eigenvalue weighted by molar-refractivity contribution is -0.703. The summed E-state index contributed by atoms with van der Waals surface area (Å²) in [5.41, 5.74) is 2.74. The van der Waals surface area contributed by atoms with Crippen LogP contribution in [0.25, 0.3) is 0 Å². The molecule has 1 aromatic heterocycles. The highest BCUT2D eigenvalue weighted by Crippen LogP contribution is 2.11. The molecule has 0 radical (unpaired) electrons. The number of halogens is 1. The first-order valence-corrected chi connectivity index (χ1v) is 10.8.